The van der Waals surface area contributed by atoms with E-state index < -0.39 is 0 Å². The fraction of sp³-hybridized carbons (Fsp3) is 0.900. The van der Waals surface area contributed by atoms with Gasteiger partial charge in [0.25, 0.3) is 0 Å². The first-order valence-electron chi connectivity index (χ1n) is 5.47. The van der Waals surface area contributed by atoms with E-state index in [2.05, 4.69) is 10.6 Å². The van der Waals surface area contributed by atoms with E-state index >= 15 is 0 Å². The average Bonchev–Trinajstić information content (AvgIpc) is 2.15. The maximum Gasteiger partial charge on any atom is 0.225 e. The predicted octanol–water partition coefficient (Wildman–Crippen LogP) is -0.584. The fourth-order valence-electron chi connectivity index (χ4n) is 2.08. The molecule has 0 aromatic carbocycles. The summed E-state index contributed by atoms with van der Waals surface area (Å²) in [6, 6.07) is 0.442. The van der Waals surface area contributed by atoms with E-state index in [-0.39, 0.29) is 5.92 Å². The molecular formula is C10H19N3O. The Bertz CT molecular complexity index is 205. The van der Waals surface area contributed by atoms with Crippen LogP contribution in [0.25, 0.3) is 0 Å². The second-order valence-electron chi connectivity index (χ2n) is 4.29. The number of carbonyl (C=O) groups is 1. The molecule has 1 amide bonds. The van der Waals surface area contributed by atoms with Gasteiger partial charge in [-0.2, -0.15) is 0 Å². The lowest BCUT2D eigenvalue weighted by Crippen LogP contribution is -2.58. The highest BCUT2D eigenvalue weighted by atomic mass is 16.2. The topological polar surface area (TPSA) is 44.4 Å². The molecule has 2 heterocycles. The van der Waals surface area contributed by atoms with Crippen molar-refractivity contribution in [3.63, 3.8) is 0 Å². The minimum atomic E-state index is 0.266. The van der Waals surface area contributed by atoms with E-state index in [1.54, 1.807) is 0 Å². The van der Waals surface area contributed by atoms with E-state index in [4.69, 9.17) is 0 Å². The zero-order valence-electron chi connectivity index (χ0n) is 8.75. The van der Waals surface area contributed by atoms with Crippen LogP contribution in [0, 0.1) is 5.92 Å². The molecule has 0 spiro atoms. The van der Waals surface area contributed by atoms with Gasteiger partial charge in [-0.25, -0.2) is 0 Å². The predicted molar refractivity (Wildman–Crippen MR) is 55.0 cm³/mol. The quantitative estimate of drug-likeness (QED) is 0.622. The summed E-state index contributed by atoms with van der Waals surface area (Å²) in [5.41, 5.74) is 0. The second kappa shape index (κ2) is 4.28. The molecule has 0 aromatic heterocycles. The first kappa shape index (κ1) is 9.93. The van der Waals surface area contributed by atoms with Crippen molar-refractivity contribution in [2.75, 3.05) is 33.2 Å². The van der Waals surface area contributed by atoms with Crippen molar-refractivity contribution < 1.29 is 4.79 Å². The Morgan fingerprint density at radius 3 is 2.36 bits per heavy atom. The Morgan fingerprint density at radius 2 is 1.86 bits per heavy atom. The average molecular weight is 197 g/mol. The number of amides is 1. The van der Waals surface area contributed by atoms with Crippen molar-refractivity contribution in [2.24, 2.45) is 5.92 Å². The molecule has 0 radical (unpaired) electrons. The van der Waals surface area contributed by atoms with Gasteiger partial charge in [-0.05, 0) is 25.9 Å². The normalized spacial score (nSPS) is 24.4. The molecule has 2 N–H and O–H groups in total. The summed E-state index contributed by atoms with van der Waals surface area (Å²) in [6.45, 7) is 3.92. The fourth-order valence-corrected chi connectivity index (χ4v) is 2.08. The molecule has 0 saturated carbocycles. The van der Waals surface area contributed by atoms with Crippen molar-refractivity contribution in [3.8, 4) is 0 Å². The van der Waals surface area contributed by atoms with Gasteiger partial charge in [-0.15, -0.1) is 0 Å². The number of nitrogens with zero attached hydrogens (tertiary/aromatic N) is 1. The molecule has 0 bridgehead atoms. The molecular weight excluding hydrogens is 178 g/mol. The van der Waals surface area contributed by atoms with Crippen molar-refractivity contribution in [3.05, 3.63) is 0 Å². The van der Waals surface area contributed by atoms with Gasteiger partial charge in [0, 0.05) is 26.1 Å². The summed E-state index contributed by atoms with van der Waals surface area (Å²) in [4.78, 5) is 13.9. The molecule has 14 heavy (non-hydrogen) atoms. The minimum Gasteiger partial charge on any atom is -0.340 e. The maximum atomic E-state index is 12.0. The van der Waals surface area contributed by atoms with Crippen LogP contribution in [0.3, 0.4) is 0 Å². The largest absolute Gasteiger partial charge is 0.340 e. The number of nitrogens with one attached hydrogen (secondary N) is 2. The molecule has 2 rings (SSSR count). The molecule has 0 aromatic rings. The van der Waals surface area contributed by atoms with Crippen LogP contribution in [-0.2, 0) is 4.79 Å². The second-order valence-corrected chi connectivity index (χ2v) is 4.29. The molecule has 0 atom stereocenters. The van der Waals surface area contributed by atoms with Crippen molar-refractivity contribution in [1.29, 1.82) is 0 Å². The molecule has 2 fully saturated rings. The third-order valence-corrected chi connectivity index (χ3v) is 3.34. The number of hydrogen-bond acceptors (Lipinski definition) is 3. The van der Waals surface area contributed by atoms with Crippen LogP contribution in [0.1, 0.15) is 12.8 Å². The first-order valence-corrected chi connectivity index (χ1v) is 5.47. The molecule has 2 saturated heterocycles. The summed E-state index contributed by atoms with van der Waals surface area (Å²) in [6.07, 6.45) is 2.01. The van der Waals surface area contributed by atoms with E-state index in [1.807, 2.05) is 11.9 Å². The van der Waals surface area contributed by atoms with Gasteiger partial charge >= 0.3 is 0 Å². The molecule has 2 aliphatic rings. The zero-order valence-corrected chi connectivity index (χ0v) is 8.75. The molecule has 0 aliphatic carbocycles. The van der Waals surface area contributed by atoms with Gasteiger partial charge in [0.15, 0.2) is 0 Å². The number of hydrogen-bond donors (Lipinski definition) is 2. The number of likely N-dealkylation sites (N-methyl/N-ethyl adjacent to an activating group) is 1. The van der Waals surface area contributed by atoms with Crippen LogP contribution in [0.2, 0.25) is 0 Å². The van der Waals surface area contributed by atoms with Crippen LogP contribution in [-0.4, -0.2) is 50.1 Å². The Balaban J connectivity index is 1.85. The SMILES string of the molecule is CN(C(=O)C1CCNCC1)C1CNC1. The minimum absolute atomic E-state index is 0.266. The summed E-state index contributed by atoms with van der Waals surface area (Å²) in [7, 11) is 1.94. The lowest BCUT2D eigenvalue weighted by Gasteiger charge is -2.38. The number of piperidine rings is 1. The van der Waals surface area contributed by atoms with E-state index in [0.29, 0.717) is 11.9 Å². The summed E-state index contributed by atoms with van der Waals surface area (Å²) in [5, 5.41) is 6.48. The lowest BCUT2D eigenvalue weighted by molar-refractivity contribution is -0.138. The van der Waals surface area contributed by atoms with E-state index in [0.717, 1.165) is 39.0 Å². The van der Waals surface area contributed by atoms with Crippen LogP contribution in [0.5, 0.6) is 0 Å². The third-order valence-electron chi connectivity index (χ3n) is 3.34. The zero-order chi connectivity index (χ0) is 9.97. The monoisotopic (exact) mass is 197 g/mol. The standard InChI is InChI=1S/C10H19N3O/c1-13(9-6-12-7-9)10(14)8-2-4-11-5-3-8/h8-9,11-12H,2-7H2,1H3. The number of carbonyl (C=O) groups excluding carboxylic acids is 1. The highest BCUT2D eigenvalue weighted by molar-refractivity contribution is 5.79. The van der Waals surface area contributed by atoms with Crippen LogP contribution in [0.4, 0.5) is 0 Å². The Hall–Kier alpha value is -0.610. The maximum absolute atomic E-state index is 12.0. The Morgan fingerprint density at radius 1 is 1.21 bits per heavy atom. The Labute approximate surface area is 85.0 Å². The first-order chi connectivity index (χ1) is 6.79. The smallest absolute Gasteiger partial charge is 0.225 e. The molecule has 4 nitrogen and oxygen atoms in total. The van der Waals surface area contributed by atoms with Crippen LogP contribution < -0.4 is 10.6 Å². The molecule has 4 heteroatoms. The van der Waals surface area contributed by atoms with Crippen LogP contribution in [0.15, 0.2) is 0 Å². The number of rotatable bonds is 2. The summed E-state index contributed by atoms with van der Waals surface area (Å²) in [5.74, 6) is 0.611. The van der Waals surface area contributed by atoms with Gasteiger partial charge in [-0.3, -0.25) is 4.79 Å². The van der Waals surface area contributed by atoms with Gasteiger partial charge < -0.3 is 15.5 Å². The molecule has 2 aliphatic heterocycles. The molecule has 80 valence electrons. The van der Waals surface area contributed by atoms with Gasteiger partial charge in [-0.1, -0.05) is 0 Å². The Kier molecular flexibility index (Phi) is 3.03. The molecule has 0 unspecified atom stereocenters. The van der Waals surface area contributed by atoms with Crippen molar-refractivity contribution in [2.45, 2.75) is 18.9 Å². The van der Waals surface area contributed by atoms with Gasteiger partial charge in [0.1, 0.15) is 0 Å². The summed E-state index contributed by atoms with van der Waals surface area (Å²) < 4.78 is 0. The van der Waals surface area contributed by atoms with E-state index in [1.165, 1.54) is 0 Å². The third kappa shape index (κ3) is 1.91. The highest BCUT2D eigenvalue weighted by Crippen LogP contribution is 2.16. The van der Waals surface area contributed by atoms with Gasteiger partial charge in [0.05, 0.1) is 6.04 Å². The lowest BCUT2D eigenvalue weighted by atomic mass is 9.95. The highest BCUT2D eigenvalue weighted by Gasteiger charge is 2.30. The summed E-state index contributed by atoms with van der Waals surface area (Å²) >= 11 is 0. The van der Waals surface area contributed by atoms with Crippen LogP contribution >= 0.6 is 0 Å². The van der Waals surface area contributed by atoms with E-state index in [9.17, 15) is 4.79 Å². The van der Waals surface area contributed by atoms with Crippen molar-refractivity contribution >= 4 is 5.91 Å². The van der Waals surface area contributed by atoms with Gasteiger partial charge in [0.2, 0.25) is 5.91 Å². The van der Waals surface area contributed by atoms with Crippen molar-refractivity contribution in [1.82, 2.24) is 15.5 Å².